The average Bonchev–Trinajstić information content (AvgIpc) is 2.75. The maximum Gasteiger partial charge on any atom is 0.123 e. The van der Waals surface area contributed by atoms with Crippen LogP contribution in [0.25, 0.3) is 10.9 Å². The van der Waals surface area contributed by atoms with E-state index in [-0.39, 0.29) is 5.82 Å². The van der Waals surface area contributed by atoms with Gasteiger partial charge in [-0.25, -0.2) is 4.39 Å². The molecule has 0 aliphatic carbocycles. The smallest absolute Gasteiger partial charge is 0.123 e. The Labute approximate surface area is 119 Å². The molecule has 0 unspecified atom stereocenters. The van der Waals surface area contributed by atoms with Gasteiger partial charge in [0.25, 0.3) is 0 Å². The minimum absolute atomic E-state index is 0.179. The number of hydrogen-bond donors (Lipinski definition) is 0. The molecule has 0 saturated carbocycles. The summed E-state index contributed by atoms with van der Waals surface area (Å²) in [6, 6.07) is 13.3. The summed E-state index contributed by atoms with van der Waals surface area (Å²) in [5.41, 5.74) is 3.30. The first-order valence-electron chi connectivity index (χ1n) is 6.13. The summed E-state index contributed by atoms with van der Waals surface area (Å²) in [6.45, 7) is 2.70. The van der Waals surface area contributed by atoms with Gasteiger partial charge in [0.2, 0.25) is 0 Å². The van der Waals surface area contributed by atoms with Gasteiger partial charge in [0, 0.05) is 22.7 Å². The first-order chi connectivity index (χ1) is 9.13. The van der Waals surface area contributed by atoms with Crippen LogP contribution in [0.5, 0.6) is 0 Å². The van der Waals surface area contributed by atoms with E-state index in [9.17, 15) is 4.39 Å². The molecule has 0 atom stereocenters. The molecule has 0 saturated heterocycles. The lowest BCUT2D eigenvalue weighted by molar-refractivity contribution is 0.625. The summed E-state index contributed by atoms with van der Waals surface area (Å²) in [5.74, 6) is -0.179. The number of aryl methyl sites for hydroxylation is 1. The number of nitrogens with zero attached hydrogens (tertiary/aromatic N) is 1. The molecule has 1 nitrogen and oxygen atoms in total. The van der Waals surface area contributed by atoms with Crippen LogP contribution in [0.3, 0.4) is 0 Å². The molecule has 0 radical (unpaired) electrons. The maximum absolute atomic E-state index is 13.1. The molecule has 0 spiro atoms. The lowest BCUT2D eigenvalue weighted by Gasteiger charge is -2.09. The van der Waals surface area contributed by atoms with E-state index in [1.807, 2.05) is 19.1 Å². The predicted molar refractivity (Wildman–Crippen MR) is 79.9 cm³/mol. The molecule has 0 aliphatic rings. The highest BCUT2D eigenvalue weighted by Gasteiger charge is 2.05. The fourth-order valence-electron chi connectivity index (χ4n) is 2.32. The van der Waals surface area contributed by atoms with Crippen LogP contribution in [0.4, 0.5) is 4.39 Å². The van der Waals surface area contributed by atoms with Crippen LogP contribution >= 0.6 is 15.9 Å². The van der Waals surface area contributed by atoms with Crippen LogP contribution in [-0.2, 0) is 6.54 Å². The Morgan fingerprint density at radius 1 is 1.11 bits per heavy atom. The summed E-state index contributed by atoms with van der Waals surface area (Å²) in [6.07, 6.45) is 2.07. The van der Waals surface area contributed by atoms with Gasteiger partial charge in [-0.05, 0) is 53.8 Å². The van der Waals surface area contributed by atoms with Crippen molar-refractivity contribution in [2.24, 2.45) is 0 Å². The Morgan fingerprint density at radius 3 is 2.74 bits per heavy atom. The van der Waals surface area contributed by atoms with Crippen LogP contribution in [0.2, 0.25) is 0 Å². The second kappa shape index (κ2) is 4.82. The second-order valence-electron chi connectivity index (χ2n) is 4.72. The third kappa shape index (κ3) is 2.43. The van der Waals surface area contributed by atoms with Gasteiger partial charge in [0.1, 0.15) is 5.82 Å². The van der Waals surface area contributed by atoms with E-state index in [2.05, 4.69) is 44.9 Å². The van der Waals surface area contributed by atoms with Gasteiger partial charge in [0.05, 0.1) is 0 Å². The van der Waals surface area contributed by atoms with E-state index in [1.54, 1.807) is 6.07 Å². The fraction of sp³-hybridized carbons (Fsp3) is 0.125. The number of fused-ring (bicyclic) bond motifs is 1. The van der Waals surface area contributed by atoms with Crippen LogP contribution in [0.15, 0.2) is 53.1 Å². The van der Waals surface area contributed by atoms with Crippen LogP contribution in [0.1, 0.15) is 11.1 Å². The van der Waals surface area contributed by atoms with Crippen molar-refractivity contribution in [1.29, 1.82) is 0 Å². The SMILES string of the molecule is Cc1cc(F)ccc1Cn1ccc2ccc(Br)cc21. The Hall–Kier alpha value is -1.61. The Morgan fingerprint density at radius 2 is 1.95 bits per heavy atom. The van der Waals surface area contributed by atoms with Gasteiger partial charge >= 0.3 is 0 Å². The maximum atomic E-state index is 13.1. The molecular formula is C16H13BrFN. The summed E-state index contributed by atoms with van der Waals surface area (Å²) >= 11 is 3.50. The molecule has 2 aromatic carbocycles. The summed E-state index contributed by atoms with van der Waals surface area (Å²) in [7, 11) is 0. The highest BCUT2D eigenvalue weighted by Crippen LogP contribution is 2.22. The Kier molecular flexibility index (Phi) is 3.15. The van der Waals surface area contributed by atoms with Crippen LogP contribution in [-0.4, -0.2) is 4.57 Å². The van der Waals surface area contributed by atoms with Gasteiger partial charge < -0.3 is 4.57 Å². The monoisotopic (exact) mass is 317 g/mol. The lowest BCUT2D eigenvalue weighted by Crippen LogP contribution is -2.00. The summed E-state index contributed by atoms with van der Waals surface area (Å²) in [5, 5.41) is 1.21. The molecule has 0 amide bonds. The van der Waals surface area contributed by atoms with E-state index < -0.39 is 0 Å². The van der Waals surface area contributed by atoms with Gasteiger partial charge in [-0.1, -0.05) is 28.1 Å². The average molecular weight is 318 g/mol. The Balaban J connectivity index is 2.03. The molecule has 0 N–H and O–H groups in total. The number of halogens is 2. The lowest BCUT2D eigenvalue weighted by atomic mass is 10.1. The first kappa shape index (κ1) is 12.4. The van der Waals surface area contributed by atoms with E-state index in [4.69, 9.17) is 0 Å². The Bertz CT molecular complexity index is 746. The van der Waals surface area contributed by atoms with Crippen molar-refractivity contribution in [3.8, 4) is 0 Å². The predicted octanol–water partition coefficient (Wildman–Crippen LogP) is 4.90. The van der Waals surface area contributed by atoms with Crippen LogP contribution in [0, 0.1) is 12.7 Å². The number of rotatable bonds is 2. The van der Waals surface area contributed by atoms with Crippen molar-refractivity contribution in [3.05, 3.63) is 70.1 Å². The molecule has 3 rings (SSSR count). The quantitative estimate of drug-likeness (QED) is 0.633. The first-order valence-corrected chi connectivity index (χ1v) is 6.92. The van der Waals surface area contributed by atoms with E-state index in [0.29, 0.717) is 0 Å². The van der Waals surface area contributed by atoms with Gasteiger partial charge in [-0.3, -0.25) is 0 Å². The molecule has 3 heteroatoms. The largest absolute Gasteiger partial charge is 0.343 e. The second-order valence-corrected chi connectivity index (χ2v) is 5.63. The van der Waals surface area contributed by atoms with Crippen molar-refractivity contribution in [3.63, 3.8) is 0 Å². The minimum atomic E-state index is -0.179. The zero-order valence-corrected chi connectivity index (χ0v) is 12.1. The topological polar surface area (TPSA) is 4.93 Å². The van der Waals surface area contributed by atoms with Crippen molar-refractivity contribution < 1.29 is 4.39 Å². The zero-order chi connectivity index (χ0) is 13.4. The summed E-state index contributed by atoms with van der Waals surface area (Å²) < 4.78 is 16.4. The molecule has 1 heterocycles. The molecular weight excluding hydrogens is 305 g/mol. The number of aromatic nitrogens is 1. The molecule has 1 aromatic heterocycles. The standard InChI is InChI=1S/C16H13BrFN/c1-11-8-15(18)5-3-13(11)10-19-7-6-12-2-4-14(17)9-16(12)19/h2-9H,10H2,1H3. The van der Waals surface area contributed by atoms with E-state index in [0.717, 1.165) is 22.1 Å². The highest BCUT2D eigenvalue weighted by atomic mass is 79.9. The molecule has 0 aliphatic heterocycles. The number of benzene rings is 2. The molecule has 96 valence electrons. The normalized spacial score (nSPS) is 11.1. The van der Waals surface area contributed by atoms with Gasteiger partial charge in [0.15, 0.2) is 0 Å². The van der Waals surface area contributed by atoms with Gasteiger partial charge in [-0.2, -0.15) is 0 Å². The minimum Gasteiger partial charge on any atom is -0.343 e. The highest BCUT2D eigenvalue weighted by molar-refractivity contribution is 9.10. The molecule has 3 aromatic rings. The molecule has 0 bridgehead atoms. The van der Waals surface area contributed by atoms with E-state index in [1.165, 1.54) is 17.0 Å². The molecule has 19 heavy (non-hydrogen) atoms. The third-order valence-electron chi connectivity index (χ3n) is 3.38. The zero-order valence-electron chi connectivity index (χ0n) is 10.5. The van der Waals surface area contributed by atoms with Crippen molar-refractivity contribution >= 4 is 26.8 Å². The van der Waals surface area contributed by atoms with E-state index >= 15 is 0 Å². The van der Waals surface area contributed by atoms with Crippen molar-refractivity contribution in [2.45, 2.75) is 13.5 Å². The van der Waals surface area contributed by atoms with Crippen LogP contribution < -0.4 is 0 Å². The fourth-order valence-corrected chi connectivity index (χ4v) is 2.66. The van der Waals surface area contributed by atoms with Gasteiger partial charge in [-0.15, -0.1) is 0 Å². The van der Waals surface area contributed by atoms with Crippen molar-refractivity contribution in [2.75, 3.05) is 0 Å². The summed E-state index contributed by atoms with van der Waals surface area (Å²) in [4.78, 5) is 0. The number of hydrogen-bond acceptors (Lipinski definition) is 0. The molecule has 0 fully saturated rings. The van der Waals surface area contributed by atoms with Crippen molar-refractivity contribution in [1.82, 2.24) is 4.57 Å². The third-order valence-corrected chi connectivity index (χ3v) is 3.87.